The fourth-order valence-corrected chi connectivity index (χ4v) is 3.61. The molecule has 0 spiro atoms. The van der Waals surface area contributed by atoms with Crippen LogP contribution in [0.4, 0.5) is 5.95 Å². The Bertz CT molecular complexity index is 781. The molecule has 0 fully saturated rings. The monoisotopic (exact) mass is 348 g/mol. The molecule has 0 saturated carbocycles. The highest BCUT2D eigenvalue weighted by Gasteiger charge is 2.13. The van der Waals surface area contributed by atoms with E-state index in [-0.39, 0.29) is 23.5 Å². The van der Waals surface area contributed by atoms with Gasteiger partial charge < -0.3 is 11.1 Å². The van der Waals surface area contributed by atoms with Gasteiger partial charge in [0.05, 0.1) is 21.0 Å². The number of nitrogens with zero attached hydrogens (tertiary/aromatic N) is 3. The molecule has 2 aromatic heterocycles. The van der Waals surface area contributed by atoms with Crippen molar-refractivity contribution in [3.8, 4) is 0 Å². The van der Waals surface area contributed by atoms with Gasteiger partial charge in [0, 0.05) is 12.5 Å². The van der Waals surface area contributed by atoms with Gasteiger partial charge in [0.2, 0.25) is 17.0 Å². The van der Waals surface area contributed by atoms with Crippen LogP contribution in [0.15, 0.2) is 29.4 Å². The topological polar surface area (TPSA) is 110 Å². The van der Waals surface area contributed by atoms with E-state index in [1.165, 1.54) is 16.5 Å². The van der Waals surface area contributed by atoms with Gasteiger partial charge in [0.15, 0.2) is 0 Å². The molecule has 1 amide bonds. The summed E-state index contributed by atoms with van der Waals surface area (Å²) in [5, 5.41) is 10.8. The lowest BCUT2D eigenvalue weighted by Crippen LogP contribution is -2.29. The first-order valence-electron chi connectivity index (χ1n) is 7.04. The normalized spacial score (nSPS) is 12.4. The number of carbonyl (C=O) groups excluding carboxylic acids is 1. The quantitative estimate of drug-likeness (QED) is 0.588. The fraction of sp³-hybridized carbons (Fsp3) is 0.286. The van der Waals surface area contributed by atoms with Crippen LogP contribution in [0.1, 0.15) is 17.8 Å². The van der Waals surface area contributed by atoms with Gasteiger partial charge in [-0.15, -0.1) is 16.4 Å². The fourth-order valence-electron chi connectivity index (χ4n) is 1.96. The van der Waals surface area contributed by atoms with E-state index in [2.05, 4.69) is 38.5 Å². The Hall–Kier alpha value is -2.13. The number of rotatable bonds is 6. The van der Waals surface area contributed by atoms with E-state index in [9.17, 15) is 4.79 Å². The summed E-state index contributed by atoms with van der Waals surface area (Å²) in [6.07, 6.45) is 0. The third kappa shape index (κ3) is 3.99. The van der Waals surface area contributed by atoms with Crippen LogP contribution in [0.5, 0.6) is 0 Å². The largest absolute Gasteiger partial charge is 0.368 e. The summed E-state index contributed by atoms with van der Waals surface area (Å²) in [7, 11) is 0. The zero-order valence-electron chi connectivity index (χ0n) is 12.4. The first kappa shape index (κ1) is 15.8. The van der Waals surface area contributed by atoms with Crippen LogP contribution < -0.4 is 11.1 Å². The zero-order chi connectivity index (χ0) is 16.2. The minimum atomic E-state index is -0.0636. The number of anilines is 1. The first-order valence-corrected chi connectivity index (χ1v) is 8.85. The van der Waals surface area contributed by atoms with Crippen LogP contribution in [0.2, 0.25) is 0 Å². The summed E-state index contributed by atoms with van der Waals surface area (Å²) in [5.41, 5.74) is 6.43. The average Bonchev–Trinajstić information content (AvgIpc) is 3.16. The van der Waals surface area contributed by atoms with Crippen molar-refractivity contribution in [2.75, 3.05) is 18.0 Å². The molecule has 0 radical (unpaired) electrons. The number of nitrogens with one attached hydrogen (secondary N) is 2. The number of nitrogens with two attached hydrogens (primary N) is 1. The average molecular weight is 348 g/mol. The minimum absolute atomic E-state index is 0.0636. The first-order chi connectivity index (χ1) is 11.1. The van der Waals surface area contributed by atoms with E-state index in [0.29, 0.717) is 11.7 Å². The number of hydrogen-bond acceptors (Lipinski definition) is 7. The Morgan fingerprint density at radius 2 is 2.26 bits per heavy atom. The minimum Gasteiger partial charge on any atom is -0.368 e. The molecule has 7 nitrogen and oxygen atoms in total. The summed E-state index contributed by atoms with van der Waals surface area (Å²) in [4.78, 5) is 20.4. The van der Waals surface area contributed by atoms with E-state index < -0.39 is 0 Å². The third-order valence-electron chi connectivity index (χ3n) is 3.15. The summed E-state index contributed by atoms with van der Waals surface area (Å²) in [6, 6.07) is 8.04. The number of carbonyl (C=O) groups is 1. The van der Waals surface area contributed by atoms with Crippen LogP contribution in [-0.4, -0.2) is 38.4 Å². The molecule has 1 unspecified atom stereocenters. The molecule has 0 aliphatic rings. The van der Waals surface area contributed by atoms with Crippen molar-refractivity contribution in [3.05, 3.63) is 29.3 Å². The van der Waals surface area contributed by atoms with Gasteiger partial charge in [-0.3, -0.25) is 4.79 Å². The number of fused-ring (bicyclic) bond motifs is 1. The molecule has 3 rings (SSSR count). The van der Waals surface area contributed by atoms with Crippen molar-refractivity contribution < 1.29 is 4.79 Å². The summed E-state index contributed by atoms with van der Waals surface area (Å²) in [5.74, 6) is 0.605. The number of thioether (sulfide) groups is 1. The SMILES string of the molecule is CC(CNC(=O)CSc1n[nH]c(N)n1)c1nc2ccccc2s1. The maximum absolute atomic E-state index is 11.9. The van der Waals surface area contributed by atoms with Crippen molar-refractivity contribution in [1.29, 1.82) is 0 Å². The number of nitrogen functional groups attached to an aromatic ring is 1. The summed E-state index contributed by atoms with van der Waals surface area (Å²) < 4.78 is 1.17. The van der Waals surface area contributed by atoms with Gasteiger partial charge >= 0.3 is 0 Å². The highest BCUT2D eigenvalue weighted by atomic mass is 32.2. The van der Waals surface area contributed by atoms with E-state index >= 15 is 0 Å². The number of para-hydroxylation sites is 1. The van der Waals surface area contributed by atoms with Gasteiger partial charge in [-0.2, -0.15) is 4.98 Å². The molecule has 0 saturated heterocycles. The zero-order valence-corrected chi connectivity index (χ0v) is 14.1. The van der Waals surface area contributed by atoms with Crippen molar-refractivity contribution in [3.63, 3.8) is 0 Å². The maximum atomic E-state index is 11.9. The van der Waals surface area contributed by atoms with Crippen LogP contribution in [0, 0.1) is 0 Å². The number of H-pyrrole nitrogens is 1. The molecule has 120 valence electrons. The molecule has 1 atom stereocenters. The lowest BCUT2D eigenvalue weighted by molar-refractivity contribution is -0.118. The molecule has 0 bridgehead atoms. The standard InChI is InChI=1S/C14H16N6OS2/c1-8(12-17-9-4-2-3-5-10(9)23-12)6-16-11(21)7-22-14-18-13(15)19-20-14/h2-5,8H,6-7H2,1H3,(H,16,21)(H3,15,18,19,20). The number of thiazole rings is 1. The number of amides is 1. The van der Waals surface area contributed by atoms with Gasteiger partial charge in [-0.05, 0) is 12.1 Å². The lowest BCUT2D eigenvalue weighted by Gasteiger charge is -2.09. The Morgan fingerprint density at radius 3 is 3.00 bits per heavy atom. The number of aromatic nitrogens is 4. The molecule has 4 N–H and O–H groups in total. The molecule has 9 heteroatoms. The predicted molar refractivity (Wildman–Crippen MR) is 92.6 cm³/mol. The van der Waals surface area contributed by atoms with Crippen LogP contribution >= 0.6 is 23.1 Å². The van der Waals surface area contributed by atoms with Crippen molar-refractivity contribution >= 4 is 45.2 Å². The van der Waals surface area contributed by atoms with Crippen molar-refractivity contribution in [2.45, 2.75) is 18.0 Å². The predicted octanol–water partition coefficient (Wildman–Crippen LogP) is 2.01. The highest BCUT2D eigenvalue weighted by molar-refractivity contribution is 7.99. The molecular formula is C14H16N6OS2. The molecule has 3 aromatic rings. The smallest absolute Gasteiger partial charge is 0.230 e. The van der Waals surface area contributed by atoms with Gasteiger partial charge in [0.25, 0.3) is 0 Å². The highest BCUT2D eigenvalue weighted by Crippen LogP contribution is 2.26. The number of hydrogen-bond donors (Lipinski definition) is 3. The number of aromatic amines is 1. The summed E-state index contributed by atoms with van der Waals surface area (Å²) >= 11 is 2.91. The van der Waals surface area contributed by atoms with Gasteiger partial charge in [0.1, 0.15) is 0 Å². The van der Waals surface area contributed by atoms with Crippen LogP contribution in [-0.2, 0) is 4.79 Å². The van der Waals surface area contributed by atoms with E-state index in [1.54, 1.807) is 11.3 Å². The Kier molecular flexibility index (Phi) is 4.77. The lowest BCUT2D eigenvalue weighted by atomic mass is 10.2. The maximum Gasteiger partial charge on any atom is 0.230 e. The van der Waals surface area contributed by atoms with Gasteiger partial charge in [-0.25, -0.2) is 10.1 Å². The molecule has 1 aromatic carbocycles. The van der Waals surface area contributed by atoms with Gasteiger partial charge in [-0.1, -0.05) is 30.8 Å². The van der Waals surface area contributed by atoms with E-state index in [1.807, 2.05) is 18.2 Å². The Labute approximate surface area is 141 Å². The Balaban J connectivity index is 1.49. The van der Waals surface area contributed by atoms with E-state index in [4.69, 9.17) is 5.73 Å². The van der Waals surface area contributed by atoms with Crippen molar-refractivity contribution in [1.82, 2.24) is 25.5 Å². The molecule has 0 aliphatic carbocycles. The molecule has 0 aliphatic heterocycles. The molecular weight excluding hydrogens is 332 g/mol. The van der Waals surface area contributed by atoms with E-state index in [0.717, 1.165) is 10.5 Å². The second-order valence-corrected chi connectivity index (χ2v) is 7.02. The second-order valence-electron chi connectivity index (χ2n) is 5.02. The molecule has 23 heavy (non-hydrogen) atoms. The molecule has 2 heterocycles. The number of benzene rings is 1. The second kappa shape index (κ2) is 6.97. The van der Waals surface area contributed by atoms with Crippen LogP contribution in [0.3, 0.4) is 0 Å². The van der Waals surface area contributed by atoms with Crippen LogP contribution in [0.25, 0.3) is 10.2 Å². The third-order valence-corrected chi connectivity index (χ3v) is 5.27. The summed E-state index contributed by atoms with van der Waals surface area (Å²) in [6.45, 7) is 2.61. The van der Waals surface area contributed by atoms with Crippen molar-refractivity contribution in [2.24, 2.45) is 0 Å². The Morgan fingerprint density at radius 1 is 1.43 bits per heavy atom.